The fourth-order valence-corrected chi connectivity index (χ4v) is 6.29. The van der Waals surface area contributed by atoms with E-state index in [9.17, 15) is 9.59 Å². The minimum atomic E-state index is -1.02. The Morgan fingerprint density at radius 3 is 2.54 bits per heavy atom. The van der Waals surface area contributed by atoms with Crippen molar-refractivity contribution in [3.8, 4) is 0 Å². The molecule has 0 bridgehead atoms. The summed E-state index contributed by atoms with van der Waals surface area (Å²) in [6.45, 7) is 3.91. The van der Waals surface area contributed by atoms with Crippen molar-refractivity contribution >= 4 is 45.1 Å². The second-order valence-corrected chi connectivity index (χ2v) is 11.1. The van der Waals surface area contributed by atoms with Crippen LogP contribution in [0.3, 0.4) is 0 Å². The van der Waals surface area contributed by atoms with Gasteiger partial charge in [0.25, 0.3) is 5.91 Å². The number of anilines is 1. The number of halogens is 1. The number of benzene rings is 3. The molecule has 5 aromatic rings. The molecule has 184 valence electrons. The van der Waals surface area contributed by atoms with Crippen LogP contribution in [0.4, 0.5) is 9.52 Å². The van der Waals surface area contributed by atoms with Crippen LogP contribution in [0.2, 0.25) is 0 Å². The van der Waals surface area contributed by atoms with E-state index in [4.69, 9.17) is 4.42 Å². The molecular weight excluding hydrogens is 509 g/mol. The molecule has 0 saturated carbocycles. The van der Waals surface area contributed by atoms with E-state index in [1.165, 1.54) is 39.6 Å². The fraction of sp³-hybridized carbons (Fsp3) is 0.143. The zero-order chi connectivity index (χ0) is 25.7. The Balaban J connectivity index is 1.44. The summed E-state index contributed by atoms with van der Waals surface area (Å²) in [7, 11) is 0. The first-order chi connectivity index (χ1) is 17.9. The average Bonchev–Trinajstić information content (AvgIpc) is 3.47. The van der Waals surface area contributed by atoms with Gasteiger partial charge in [0.15, 0.2) is 9.77 Å². The lowest BCUT2D eigenvalue weighted by atomic mass is 9.98. The van der Waals surface area contributed by atoms with E-state index in [1.807, 2.05) is 19.9 Å². The van der Waals surface area contributed by atoms with Crippen LogP contribution >= 0.6 is 23.1 Å². The topological polar surface area (TPSA) is 76.3 Å². The number of rotatable bonds is 5. The summed E-state index contributed by atoms with van der Waals surface area (Å²) in [6.07, 6.45) is 0. The maximum Gasteiger partial charge on any atom is 0.297 e. The van der Waals surface area contributed by atoms with Gasteiger partial charge in [0, 0.05) is 11.3 Å². The minimum Gasteiger partial charge on any atom is -0.450 e. The number of aromatic nitrogens is 2. The molecule has 0 saturated heterocycles. The smallest absolute Gasteiger partial charge is 0.297 e. The minimum absolute atomic E-state index is 0.0985. The predicted octanol–water partition coefficient (Wildman–Crippen LogP) is 6.44. The van der Waals surface area contributed by atoms with E-state index >= 15 is 4.39 Å². The molecule has 37 heavy (non-hydrogen) atoms. The van der Waals surface area contributed by atoms with Crippen LogP contribution in [-0.2, 0) is 5.75 Å². The highest BCUT2D eigenvalue weighted by atomic mass is 32.2. The first kappa shape index (κ1) is 23.6. The van der Waals surface area contributed by atoms with Gasteiger partial charge < -0.3 is 4.42 Å². The van der Waals surface area contributed by atoms with Crippen LogP contribution in [0.15, 0.2) is 80.3 Å². The van der Waals surface area contributed by atoms with E-state index < -0.39 is 17.8 Å². The van der Waals surface area contributed by atoms with Crippen molar-refractivity contribution in [2.75, 3.05) is 4.90 Å². The normalized spacial score (nSPS) is 14.9. The van der Waals surface area contributed by atoms with Crippen LogP contribution < -0.4 is 10.3 Å². The predicted molar refractivity (Wildman–Crippen MR) is 143 cm³/mol. The summed E-state index contributed by atoms with van der Waals surface area (Å²) in [5, 5.41) is 9.15. The maximum atomic E-state index is 15.1. The molecule has 1 atom stereocenters. The van der Waals surface area contributed by atoms with Gasteiger partial charge in [-0.2, -0.15) is 0 Å². The summed E-state index contributed by atoms with van der Waals surface area (Å²) in [5.74, 6) is -0.488. The van der Waals surface area contributed by atoms with Crippen LogP contribution in [-0.4, -0.2) is 16.1 Å². The molecule has 3 aromatic carbocycles. The molecule has 0 radical (unpaired) electrons. The molecule has 1 amide bonds. The molecule has 0 aliphatic carbocycles. The van der Waals surface area contributed by atoms with Gasteiger partial charge in [-0.25, -0.2) is 4.39 Å². The van der Waals surface area contributed by atoms with Crippen LogP contribution in [0.25, 0.3) is 11.0 Å². The molecule has 0 fully saturated rings. The summed E-state index contributed by atoms with van der Waals surface area (Å²) in [5.41, 5.74) is 3.45. The number of nitrogens with zero attached hydrogens (tertiary/aromatic N) is 3. The van der Waals surface area contributed by atoms with Gasteiger partial charge in [-0.1, -0.05) is 82.8 Å². The summed E-state index contributed by atoms with van der Waals surface area (Å²) in [6, 6.07) is 18.5. The largest absolute Gasteiger partial charge is 0.450 e. The highest BCUT2D eigenvalue weighted by Gasteiger charge is 2.46. The second-order valence-electron chi connectivity index (χ2n) is 8.90. The molecule has 9 heteroatoms. The quantitative estimate of drug-likeness (QED) is 0.193. The Kier molecular flexibility index (Phi) is 5.89. The first-order valence-electron chi connectivity index (χ1n) is 11.6. The molecule has 1 aliphatic heterocycles. The number of fused-ring (bicyclic) bond motifs is 2. The number of carbonyl (C=O) groups is 1. The highest BCUT2D eigenvalue weighted by molar-refractivity contribution is 8.00. The molecule has 6 nitrogen and oxygen atoms in total. The molecule has 0 N–H and O–H groups in total. The number of thioether (sulfide) groups is 1. The van der Waals surface area contributed by atoms with Crippen molar-refractivity contribution in [3.05, 3.63) is 116 Å². The Labute approximate surface area is 219 Å². The zero-order valence-electron chi connectivity index (χ0n) is 19.9. The molecule has 1 aliphatic rings. The first-order valence-corrected chi connectivity index (χ1v) is 13.4. The third kappa shape index (κ3) is 4.14. The lowest BCUT2D eigenvalue weighted by Gasteiger charge is -2.22. The Morgan fingerprint density at radius 2 is 1.76 bits per heavy atom. The van der Waals surface area contributed by atoms with E-state index in [0.29, 0.717) is 21.1 Å². The van der Waals surface area contributed by atoms with Gasteiger partial charge in [-0.05, 0) is 37.6 Å². The van der Waals surface area contributed by atoms with E-state index in [0.717, 1.165) is 11.1 Å². The molecule has 6 rings (SSSR count). The van der Waals surface area contributed by atoms with Crippen molar-refractivity contribution < 1.29 is 13.6 Å². The monoisotopic (exact) mass is 529 g/mol. The third-order valence-corrected chi connectivity index (χ3v) is 8.44. The number of hydrogen-bond acceptors (Lipinski definition) is 7. The fourth-order valence-electron chi connectivity index (χ4n) is 4.46. The summed E-state index contributed by atoms with van der Waals surface area (Å²) >= 11 is 2.72. The Morgan fingerprint density at radius 1 is 1.00 bits per heavy atom. The van der Waals surface area contributed by atoms with E-state index in [-0.39, 0.29) is 27.4 Å². The molecular formula is C28H20FN3O3S2. The second kappa shape index (κ2) is 9.24. The lowest BCUT2D eigenvalue weighted by Crippen LogP contribution is -2.30. The van der Waals surface area contributed by atoms with Crippen molar-refractivity contribution in [1.29, 1.82) is 0 Å². The molecule has 3 heterocycles. The van der Waals surface area contributed by atoms with Gasteiger partial charge in [-0.15, -0.1) is 10.2 Å². The lowest BCUT2D eigenvalue weighted by molar-refractivity contribution is 0.0970. The number of amides is 1. The Hall–Kier alpha value is -3.82. The van der Waals surface area contributed by atoms with Gasteiger partial charge in [-0.3, -0.25) is 14.5 Å². The summed E-state index contributed by atoms with van der Waals surface area (Å²) < 4.78 is 21.7. The number of aryl methyl sites for hydroxylation is 2. The third-order valence-electron chi connectivity index (χ3n) is 6.31. The van der Waals surface area contributed by atoms with Crippen molar-refractivity contribution in [2.45, 2.75) is 30.0 Å². The highest BCUT2D eigenvalue weighted by Crippen LogP contribution is 2.44. The van der Waals surface area contributed by atoms with Gasteiger partial charge in [0.05, 0.1) is 10.9 Å². The van der Waals surface area contributed by atoms with Crippen molar-refractivity contribution in [2.24, 2.45) is 0 Å². The molecule has 2 aromatic heterocycles. The van der Waals surface area contributed by atoms with Crippen molar-refractivity contribution in [3.63, 3.8) is 0 Å². The summed E-state index contributed by atoms with van der Waals surface area (Å²) in [4.78, 5) is 28.7. The molecule has 0 unspecified atom stereocenters. The van der Waals surface area contributed by atoms with Crippen molar-refractivity contribution in [1.82, 2.24) is 10.2 Å². The zero-order valence-corrected chi connectivity index (χ0v) is 21.5. The molecule has 0 spiro atoms. The average molecular weight is 530 g/mol. The van der Waals surface area contributed by atoms with Gasteiger partial charge >= 0.3 is 0 Å². The SMILES string of the molecule is Cc1ccc(CSc2nnc(N3C(=O)c4oc5ccc(C)cc5c(=O)c4[C@H]3c3ccccc3F)s2)cc1. The Bertz CT molecular complexity index is 1730. The van der Waals surface area contributed by atoms with E-state index in [1.54, 1.807) is 30.3 Å². The van der Waals surface area contributed by atoms with Crippen LogP contribution in [0.1, 0.15) is 44.4 Å². The maximum absolute atomic E-state index is 15.1. The van der Waals surface area contributed by atoms with Crippen LogP contribution in [0, 0.1) is 19.7 Å². The van der Waals surface area contributed by atoms with Crippen LogP contribution in [0.5, 0.6) is 0 Å². The van der Waals surface area contributed by atoms with Gasteiger partial charge in [0.2, 0.25) is 10.9 Å². The number of hydrogen-bond donors (Lipinski definition) is 0. The van der Waals surface area contributed by atoms with Gasteiger partial charge in [0.1, 0.15) is 17.4 Å². The number of carbonyl (C=O) groups excluding carboxylic acids is 1. The standard InChI is InChI=1S/C28H20FN3O3S2/c1-15-7-10-17(11-8-15)14-36-28-31-30-27(37-28)32-23(18-5-3-4-6-20(18)29)22-24(33)19-13-16(2)9-12-21(19)35-25(22)26(32)34/h3-13,23H,14H2,1-2H3/t23-/m1/s1. The van der Waals surface area contributed by atoms with E-state index in [2.05, 4.69) is 34.5 Å².